The molecule has 21 heavy (non-hydrogen) atoms. The summed E-state index contributed by atoms with van der Waals surface area (Å²) in [4.78, 5) is 0.334. The first-order chi connectivity index (χ1) is 9.77. The van der Waals surface area contributed by atoms with Crippen LogP contribution in [0.3, 0.4) is 0 Å². The monoisotopic (exact) mass is 323 g/mol. The molecule has 5 heteroatoms. The highest BCUT2D eigenvalue weighted by Gasteiger charge is 2.10. The summed E-state index contributed by atoms with van der Waals surface area (Å²) in [6.45, 7) is 4.02. The van der Waals surface area contributed by atoms with Crippen LogP contribution in [-0.4, -0.2) is 14.7 Å². The van der Waals surface area contributed by atoms with Crippen molar-refractivity contribution in [1.82, 2.24) is 0 Å². The van der Waals surface area contributed by atoms with E-state index in [1.807, 2.05) is 44.2 Å². The Morgan fingerprint density at radius 3 is 2.24 bits per heavy atom. The number of sulfone groups is 1. The Kier molecular flexibility index (Phi) is 4.59. The number of anilines is 1. The normalized spacial score (nSPS) is 13.0. The molecule has 0 radical (unpaired) electrons. The van der Waals surface area contributed by atoms with Gasteiger partial charge in [-0.15, -0.1) is 0 Å². The van der Waals surface area contributed by atoms with E-state index in [0.717, 1.165) is 16.8 Å². The Morgan fingerprint density at radius 1 is 1.10 bits per heavy atom. The van der Waals surface area contributed by atoms with E-state index in [0.29, 0.717) is 9.92 Å². The SMILES string of the molecule is Cc1cc(Cl)ccc1NC(C)c1ccc(S(C)(=O)=O)cc1. The number of aryl methyl sites for hydroxylation is 1. The highest BCUT2D eigenvalue weighted by molar-refractivity contribution is 7.90. The van der Waals surface area contributed by atoms with Crippen molar-refractivity contribution in [3.8, 4) is 0 Å². The molecule has 0 saturated carbocycles. The van der Waals surface area contributed by atoms with Crippen LogP contribution in [0.5, 0.6) is 0 Å². The number of hydrogen-bond donors (Lipinski definition) is 1. The standard InChI is InChI=1S/C16H18ClNO2S/c1-11-10-14(17)6-9-16(11)18-12(2)13-4-7-15(8-5-13)21(3,19)20/h4-10,12,18H,1-3H3. The van der Waals surface area contributed by atoms with Gasteiger partial charge in [0.15, 0.2) is 9.84 Å². The van der Waals surface area contributed by atoms with E-state index < -0.39 is 9.84 Å². The van der Waals surface area contributed by atoms with Crippen LogP contribution in [0.2, 0.25) is 5.02 Å². The van der Waals surface area contributed by atoms with Gasteiger partial charge in [0, 0.05) is 23.0 Å². The highest BCUT2D eigenvalue weighted by atomic mass is 35.5. The summed E-state index contributed by atoms with van der Waals surface area (Å²) >= 11 is 5.95. The second-order valence-electron chi connectivity index (χ2n) is 5.17. The predicted molar refractivity (Wildman–Crippen MR) is 87.8 cm³/mol. The Balaban J connectivity index is 2.18. The summed E-state index contributed by atoms with van der Waals surface area (Å²) in [5.41, 5.74) is 3.11. The van der Waals surface area contributed by atoms with Crippen LogP contribution in [0.25, 0.3) is 0 Å². The number of nitrogens with one attached hydrogen (secondary N) is 1. The first-order valence-corrected chi connectivity index (χ1v) is 8.87. The number of rotatable bonds is 4. The zero-order chi connectivity index (χ0) is 15.6. The molecule has 0 aromatic heterocycles. The van der Waals surface area contributed by atoms with Crippen LogP contribution in [-0.2, 0) is 9.84 Å². The van der Waals surface area contributed by atoms with Crippen LogP contribution in [0.4, 0.5) is 5.69 Å². The molecule has 0 fully saturated rings. The fourth-order valence-corrected chi connectivity index (χ4v) is 2.97. The Morgan fingerprint density at radius 2 is 1.71 bits per heavy atom. The topological polar surface area (TPSA) is 46.2 Å². The summed E-state index contributed by atoms with van der Waals surface area (Å²) in [6.07, 6.45) is 1.21. The van der Waals surface area contributed by atoms with Gasteiger partial charge in [-0.2, -0.15) is 0 Å². The Bertz CT molecular complexity index is 739. The molecule has 0 saturated heterocycles. The average molecular weight is 324 g/mol. The van der Waals surface area contributed by atoms with Crippen LogP contribution >= 0.6 is 11.6 Å². The van der Waals surface area contributed by atoms with E-state index in [1.165, 1.54) is 6.26 Å². The number of benzene rings is 2. The van der Waals surface area contributed by atoms with Crippen LogP contribution in [0.1, 0.15) is 24.1 Å². The summed E-state index contributed by atoms with van der Waals surface area (Å²) in [5.74, 6) is 0. The summed E-state index contributed by atoms with van der Waals surface area (Å²) in [5, 5.41) is 4.12. The average Bonchev–Trinajstić information content (AvgIpc) is 2.41. The largest absolute Gasteiger partial charge is 0.378 e. The molecule has 3 nitrogen and oxygen atoms in total. The molecule has 1 atom stereocenters. The van der Waals surface area contributed by atoms with Gasteiger partial charge in [-0.05, 0) is 55.3 Å². The van der Waals surface area contributed by atoms with Crippen LogP contribution in [0.15, 0.2) is 47.4 Å². The molecule has 1 unspecified atom stereocenters. The van der Waals surface area contributed by atoms with Gasteiger partial charge in [0.1, 0.15) is 0 Å². The molecule has 2 aromatic carbocycles. The van der Waals surface area contributed by atoms with Crippen LogP contribution in [0, 0.1) is 6.92 Å². The van der Waals surface area contributed by atoms with Gasteiger partial charge >= 0.3 is 0 Å². The van der Waals surface area contributed by atoms with Crippen molar-refractivity contribution in [3.63, 3.8) is 0 Å². The fourth-order valence-electron chi connectivity index (χ4n) is 2.11. The maximum Gasteiger partial charge on any atom is 0.175 e. The van der Waals surface area contributed by atoms with Gasteiger partial charge in [-0.25, -0.2) is 8.42 Å². The van der Waals surface area contributed by atoms with Crippen LogP contribution < -0.4 is 5.32 Å². The zero-order valence-corrected chi connectivity index (χ0v) is 13.8. The van der Waals surface area contributed by atoms with E-state index >= 15 is 0 Å². The van der Waals surface area contributed by atoms with Gasteiger partial charge in [0.2, 0.25) is 0 Å². The fraction of sp³-hybridized carbons (Fsp3) is 0.250. The lowest BCUT2D eigenvalue weighted by molar-refractivity contribution is 0.602. The maximum absolute atomic E-state index is 11.5. The van der Waals surface area contributed by atoms with E-state index in [1.54, 1.807) is 12.1 Å². The predicted octanol–water partition coefficient (Wildman–Crippen LogP) is 4.23. The van der Waals surface area contributed by atoms with Gasteiger partial charge in [-0.1, -0.05) is 23.7 Å². The lowest BCUT2D eigenvalue weighted by atomic mass is 10.1. The molecule has 112 valence electrons. The van der Waals surface area contributed by atoms with E-state index in [2.05, 4.69) is 5.32 Å². The van der Waals surface area contributed by atoms with Gasteiger partial charge < -0.3 is 5.32 Å². The second kappa shape index (κ2) is 6.08. The van der Waals surface area contributed by atoms with E-state index in [4.69, 9.17) is 11.6 Å². The van der Waals surface area contributed by atoms with Crippen molar-refractivity contribution in [3.05, 3.63) is 58.6 Å². The molecule has 0 amide bonds. The minimum atomic E-state index is -3.15. The Labute approximate surface area is 130 Å². The number of halogens is 1. The van der Waals surface area contributed by atoms with Gasteiger partial charge in [0.05, 0.1) is 4.90 Å². The minimum absolute atomic E-state index is 0.0680. The van der Waals surface area contributed by atoms with Crippen molar-refractivity contribution in [2.75, 3.05) is 11.6 Å². The first kappa shape index (κ1) is 15.9. The summed E-state index contributed by atoms with van der Waals surface area (Å²) in [7, 11) is -3.15. The van der Waals surface area contributed by atoms with Gasteiger partial charge in [0.25, 0.3) is 0 Å². The third-order valence-corrected chi connectivity index (χ3v) is 4.73. The first-order valence-electron chi connectivity index (χ1n) is 6.60. The second-order valence-corrected chi connectivity index (χ2v) is 7.62. The van der Waals surface area contributed by atoms with Crippen molar-refractivity contribution < 1.29 is 8.42 Å². The third-order valence-electron chi connectivity index (χ3n) is 3.37. The zero-order valence-electron chi connectivity index (χ0n) is 12.2. The molecule has 0 aliphatic rings. The molecule has 0 bridgehead atoms. The molecule has 2 aromatic rings. The maximum atomic E-state index is 11.5. The molecular formula is C16H18ClNO2S. The van der Waals surface area contributed by atoms with Crippen molar-refractivity contribution in [2.24, 2.45) is 0 Å². The molecule has 2 rings (SSSR count). The third kappa shape index (κ3) is 3.99. The molecule has 0 aliphatic heterocycles. The van der Waals surface area contributed by atoms with E-state index in [-0.39, 0.29) is 6.04 Å². The molecule has 1 N–H and O–H groups in total. The lowest BCUT2D eigenvalue weighted by Crippen LogP contribution is -2.08. The minimum Gasteiger partial charge on any atom is -0.378 e. The molecule has 0 spiro atoms. The molecule has 0 heterocycles. The van der Waals surface area contributed by atoms with Crippen molar-refractivity contribution in [2.45, 2.75) is 24.8 Å². The summed E-state index contributed by atoms with van der Waals surface area (Å²) in [6, 6.07) is 12.7. The van der Waals surface area contributed by atoms with E-state index in [9.17, 15) is 8.42 Å². The lowest BCUT2D eigenvalue weighted by Gasteiger charge is -2.18. The molecular weight excluding hydrogens is 306 g/mol. The van der Waals surface area contributed by atoms with Crippen molar-refractivity contribution >= 4 is 27.1 Å². The quantitative estimate of drug-likeness (QED) is 0.916. The van der Waals surface area contributed by atoms with Gasteiger partial charge in [-0.3, -0.25) is 0 Å². The Hall–Kier alpha value is -1.52. The highest BCUT2D eigenvalue weighted by Crippen LogP contribution is 2.25. The smallest absolute Gasteiger partial charge is 0.175 e. The van der Waals surface area contributed by atoms with Crippen molar-refractivity contribution in [1.29, 1.82) is 0 Å². The summed E-state index contributed by atoms with van der Waals surface area (Å²) < 4.78 is 22.9. The molecule has 0 aliphatic carbocycles. The number of hydrogen-bond acceptors (Lipinski definition) is 3.